The van der Waals surface area contributed by atoms with Gasteiger partial charge in [-0.25, -0.2) is 4.79 Å². The standard InChI is InChI=1S/C10H9NO5S/c1-17(13,14)16-9-5-10(12)15-8-4-6(11)2-3-7(8)9/h2-5H,11H2,1H3. The molecule has 0 aliphatic heterocycles. The van der Waals surface area contributed by atoms with Gasteiger partial charge in [-0.3, -0.25) is 0 Å². The van der Waals surface area contributed by atoms with E-state index >= 15 is 0 Å². The summed E-state index contributed by atoms with van der Waals surface area (Å²) in [6, 6.07) is 5.47. The minimum absolute atomic E-state index is 0.0706. The van der Waals surface area contributed by atoms with Crippen molar-refractivity contribution in [1.29, 1.82) is 0 Å². The number of nitrogens with two attached hydrogens (primary N) is 1. The van der Waals surface area contributed by atoms with E-state index in [4.69, 9.17) is 14.3 Å². The van der Waals surface area contributed by atoms with Crippen molar-refractivity contribution >= 4 is 26.8 Å². The van der Waals surface area contributed by atoms with Crippen LogP contribution >= 0.6 is 0 Å². The van der Waals surface area contributed by atoms with Crippen LogP contribution in [0, 0.1) is 0 Å². The summed E-state index contributed by atoms with van der Waals surface area (Å²) in [6.07, 6.45) is 0.894. The van der Waals surface area contributed by atoms with Gasteiger partial charge in [0, 0.05) is 11.8 Å². The molecule has 0 saturated heterocycles. The number of anilines is 1. The number of nitrogen functional groups attached to an aromatic ring is 1. The van der Waals surface area contributed by atoms with Gasteiger partial charge in [-0.2, -0.15) is 8.42 Å². The van der Waals surface area contributed by atoms with Crippen molar-refractivity contribution < 1.29 is 17.0 Å². The average Bonchev–Trinajstić information content (AvgIpc) is 2.13. The first-order valence-electron chi connectivity index (χ1n) is 4.58. The highest BCUT2D eigenvalue weighted by Gasteiger charge is 2.11. The third kappa shape index (κ3) is 2.56. The smallest absolute Gasteiger partial charge is 0.340 e. The van der Waals surface area contributed by atoms with E-state index in [9.17, 15) is 13.2 Å². The Bertz CT molecular complexity index is 732. The Morgan fingerprint density at radius 1 is 1.29 bits per heavy atom. The van der Waals surface area contributed by atoms with Crippen LogP contribution in [-0.4, -0.2) is 14.7 Å². The molecule has 0 radical (unpaired) electrons. The molecule has 1 heterocycles. The van der Waals surface area contributed by atoms with E-state index in [1.54, 1.807) is 6.07 Å². The van der Waals surface area contributed by atoms with Crippen molar-refractivity contribution in [2.24, 2.45) is 0 Å². The Hall–Kier alpha value is -2.02. The van der Waals surface area contributed by atoms with Crippen LogP contribution in [0.5, 0.6) is 5.75 Å². The lowest BCUT2D eigenvalue weighted by atomic mass is 10.2. The van der Waals surface area contributed by atoms with Gasteiger partial charge < -0.3 is 14.3 Å². The van der Waals surface area contributed by atoms with Crippen LogP contribution in [0.3, 0.4) is 0 Å². The summed E-state index contributed by atoms with van der Waals surface area (Å²) in [5.74, 6) is -0.0706. The fourth-order valence-electron chi connectivity index (χ4n) is 1.38. The molecule has 1 aromatic heterocycles. The second-order valence-corrected chi connectivity index (χ2v) is 5.05. The molecule has 2 N–H and O–H groups in total. The molecule has 0 unspecified atom stereocenters. The predicted octanol–water partition coefficient (Wildman–Crippen LogP) is 0.714. The lowest BCUT2D eigenvalue weighted by molar-refractivity contribution is 0.488. The molecule has 17 heavy (non-hydrogen) atoms. The van der Waals surface area contributed by atoms with Gasteiger partial charge in [-0.1, -0.05) is 0 Å². The zero-order chi connectivity index (χ0) is 12.6. The summed E-state index contributed by atoms with van der Waals surface area (Å²) in [4.78, 5) is 11.2. The van der Waals surface area contributed by atoms with Crippen LogP contribution in [-0.2, 0) is 10.1 Å². The maximum Gasteiger partial charge on any atom is 0.340 e. The molecule has 1 aromatic carbocycles. The highest BCUT2D eigenvalue weighted by Crippen LogP contribution is 2.26. The molecule has 0 saturated carbocycles. The fourth-order valence-corrected chi connectivity index (χ4v) is 1.85. The van der Waals surface area contributed by atoms with E-state index in [0.717, 1.165) is 12.3 Å². The third-order valence-corrected chi connectivity index (χ3v) is 2.45. The summed E-state index contributed by atoms with van der Waals surface area (Å²) in [5, 5.41) is 0.365. The van der Waals surface area contributed by atoms with Crippen LogP contribution in [0.15, 0.2) is 33.5 Å². The van der Waals surface area contributed by atoms with Crippen molar-refractivity contribution in [3.8, 4) is 5.75 Å². The van der Waals surface area contributed by atoms with Crippen LogP contribution in [0.4, 0.5) is 5.69 Å². The Balaban J connectivity index is 2.74. The van der Waals surface area contributed by atoms with Gasteiger partial charge in [0.15, 0.2) is 5.75 Å². The fraction of sp³-hybridized carbons (Fsp3) is 0.100. The molecule has 0 amide bonds. The molecule has 0 aliphatic carbocycles. The maximum absolute atomic E-state index is 11.2. The molecule has 0 atom stereocenters. The van der Waals surface area contributed by atoms with E-state index in [1.807, 2.05) is 0 Å². The van der Waals surface area contributed by atoms with Crippen LogP contribution in [0.2, 0.25) is 0 Å². The molecule has 90 valence electrons. The minimum Gasteiger partial charge on any atom is -0.422 e. The molecule has 2 rings (SSSR count). The van der Waals surface area contributed by atoms with Crippen molar-refractivity contribution in [2.45, 2.75) is 0 Å². The van der Waals surface area contributed by atoms with Crippen LogP contribution in [0.25, 0.3) is 11.0 Å². The largest absolute Gasteiger partial charge is 0.422 e. The van der Waals surface area contributed by atoms with E-state index in [2.05, 4.69) is 0 Å². The van der Waals surface area contributed by atoms with Crippen molar-refractivity contribution in [3.05, 3.63) is 34.7 Å². The Labute approximate surface area is 96.7 Å². The minimum atomic E-state index is -3.71. The highest BCUT2D eigenvalue weighted by molar-refractivity contribution is 7.86. The molecule has 7 heteroatoms. The number of benzene rings is 1. The Morgan fingerprint density at radius 2 is 2.00 bits per heavy atom. The maximum atomic E-state index is 11.2. The SMILES string of the molecule is CS(=O)(=O)Oc1cc(=O)oc2cc(N)ccc12. The Morgan fingerprint density at radius 3 is 2.65 bits per heavy atom. The zero-order valence-corrected chi connectivity index (χ0v) is 9.65. The van der Waals surface area contributed by atoms with E-state index in [-0.39, 0.29) is 11.3 Å². The van der Waals surface area contributed by atoms with Gasteiger partial charge in [0.05, 0.1) is 17.7 Å². The number of fused-ring (bicyclic) bond motifs is 1. The zero-order valence-electron chi connectivity index (χ0n) is 8.84. The normalized spacial score (nSPS) is 11.6. The van der Waals surface area contributed by atoms with Gasteiger partial charge >= 0.3 is 15.7 Å². The molecule has 0 aliphatic rings. The van der Waals surface area contributed by atoms with E-state index < -0.39 is 15.7 Å². The van der Waals surface area contributed by atoms with Gasteiger partial charge in [-0.15, -0.1) is 0 Å². The monoisotopic (exact) mass is 255 g/mol. The van der Waals surface area contributed by atoms with Gasteiger partial charge in [0.1, 0.15) is 5.58 Å². The van der Waals surface area contributed by atoms with E-state index in [1.165, 1.54) is 12.1 Å². The van der Waals surface area contributed by atoms with Crippen molar-refractivity contribution in [2.75, 3.05) is 12.0 Å². The second kappa shape index (κ2) is 3.77. The van der Waals surface area contributed by atoms with Crippen LogP contribution < -0.4 is 15.5 Å². The summed E-state index contributed by atoms with van der Waals surface area (Å²) in [7, 11) is -3.71. The number of rotatable bonds is 2. The van der Waals surface area contributed by atoms with Gasteiger partial charge in [0.2, 0.25) is 0 Å². The quantitative estimate of drug-likeness (QED) is 0.482. The van der Waals surface area contributed by atoms with Crippen LogP contribution in [0.1, 0.15) is 0 Å². The lowest BCUT2D eigenvalue weighted by Crippen LogP contribution is -2.08. The Kier molecular flexibility index (Phi) is 2.55. The topological polar surface area (TPSA) is 99.6 Å². The number of hydrogen-bond donors (Lipinski definition) is 1. The summed E-state index contributed by atoms with van der Waals surface area (Å²) >= 11 is 0. The average molecular weight is 255 g/mol. The molecule has 0 spiro atoms. The van der Waals surface area contributed by atoms with E-state index in [0.29, 0.717) is 11.1 Å². The number of hydrogen-bond acceptors (Lipinski definition) is 6. The summed E-state index contributed by atoms with van der Waals surface area (Å²) < 4.78 is 31.7. The third-order valence-electron chi connectivity index (χ3n) is 1.97. The predicted molar refractivity (Wildman–Crippen MR) is 62.4 cm³/mol. The summed E-state index contributed by atoms with van der Waals surface area (Å²) in [6.45, 7) is 0. The van der Waals surface area contributed by atoms with Crippen molar-refractivity contribution in [3.63, 3.8) is 0 Å². The van der Waals surface area contributed by atoms with Gasteiger partial charge in [-0.05, 0) is 12.1 Å². The van der Waals surface area contributed by atoms with Gasteiger partial charge in [0.25, 0.3) is 0 Å². The lowest BCUT2D eigenvalue weighted by Gasteiger charge is -2.05. The molecule has 2 aromatic rings. The molecule has 6 nitrogen and oxygen atoms in total. The molecular formula is C10H9NO5S. The first kappa shape index (κ1) is 11.5. The molecule has 0 fully saturated rings. The molecular weight excluding hydrogens is 246 g/mol. The first-order valence-corrected chi connectivity index (χ1v) is 6.40. The first-order chi connectivity index (χ1) is 7.85. The molecule has 0 bridgehead atoms. The highest BCUT2D eigenvalue weighted by atomic mass is 32.2. The second-order valence-electron chi connectivity index (χ2n) is 3.47. The van der Waals surface area contributed by atoms with Crippen molar-refractivity contribution in [1.82, 2.24) is 0 Å². The summed E-state index contributed by atoms with van der Waals surface area (Å²) in [5.41, 5.74) is 5.40.